The zero-order valence-electron chi connectivity index (χ0n) is 15.1. The summed E-state index contributed by atoms with van der Waals surface area (Å²) in [5.74, 6) is 0.763. The van der Waals surface area contributed by atoms with Crippen molar-refractivity contribution in [1.29, 1.82) is 0 Å². The fraction of sp³-hybridized carbons (Fsp3) is 0.278. The van der Waals surface area contributed by atoms with E-state index in [0.717, 1.165) is 22.6 Å². The van der Waals surface area contributed by atoms with Crippen LogP contribution in [0.4, 0.5) is 0 Å². The Labute approximate surface area is 172 Å². The summed E-state index contributed by atoms with van der Waals surface area (Å²) in [7, 11) is 0.170. The van der Waals surface area contributed by atoms with Gasteiger partial charge in [-0.1, -0.05) is 36.4 Å². The second kappa shape index (κ2) is 9.89. The number of rotatable bonds is 5. The molecular formula is C18H25IN4O2S. The SMILES string of the molecule is Cc1cc(S(N)(=O)=O)ccc1CNC(=NCc1ccccc1)N(C)C.I. The number of aryl methyl sites for hydroxylation is 1. The lowest BCUT2D eigenvalue weighted by molar-refractivity contribution is 0.578. The third-order valence-corrected chi connectivity index (χ3v) is 4.67. The van der Waals surface area contributed by atoms with Crippen LogP contribution < -0.4 is 10.5 Å². The molecule has 0 aliphatic heterocycles. The zero-order chi connectivity index (χ0) is 18.4. The van der Waals surface area contributed by atoms with Gasteiger partial charge in [-0.3, -0.25) is 0 Å². The number of hydrogen-bond acceptors (Lipinski definition) is 3. The van der Waals surface area contributed by atoms with E-state index in [-0.39, 0.29) is 28.9 Å². The van der Waals surface area contributed by atoms with Crippen LogP contribution in [0.25, 0.3) is 0 Å². The van der Waals surface area contributed by atoms with Crippen molar-refractivity contribution in [3.63, 3.8) is 0 Å². The Hall–Kier alpha value is -1.65. The van der Waals surface area contributed by atoms with Crippen molar-refractivity contribution in [3.05, 3.63) is 65.2 Å². The van der Waals surface area contributed by atoms with E-state index in [1.807, 2.05) is 56.3 Å². The highest BCUT2D eigenvalue weighted by atomic mass is 127. The minimum Gasteiger partial charge on any atom is -0.352 e. The molecule has 0 saturated carbocycles. The Bertz CT molecular complexity index is 853. The number of aliphatic imine (C=N–C) groups is 1. The maximum atomic E-state index is 11.4. The van der Waals surface area contributed by atoms with Crippen LogP contribution in [0.3, 0.4) is 0 Å². The van der Waals surface area contributed by atoms with Crippen LogP contribution in [0.15, 0.2) is 58.4 Å². The van der Waals surface area contributed by atoms with Gasteiger partial charge in [-0.2, -0.15) is 0 Å². The molecule has 2 aromatic carbocycles. The van der Waals surface area contributed by atoms with E-state index in [0.29, 0.717) is 13.1 Å². The Balaban J connectivity index is 0.00000338. The van der Waals surface area contributed by atoms with Crippen molar-refractivity contribution in [3.8, 4) is 0 Å². The summed E-state index contributed by atoms with van der Waals surface area (Å²) in [5.41, 5.74) is 2.99. The van der Waals surface area contributed by atoms with Gasteiger partial charge in [0.15, 0.2) is 5.96 Å². The second-order valence-corrected chi connectivity index (χ2v) is 7.57. The number of nitrogens with two attached hydrogens (primary N) is 1. The summed E-state index contributed by atoms with van der Waals surface area (Å²) in [6.45, 7) is 3.00. The van der Waals surface area contributed by atoms with E-state index < -0.39 is 10.0 Å². The van der Waals surface area contributed by atoms with Crippen molar-refractivity contribution in [2.45, 2.75) is 24.9 Å². The van der Waals surface area contributed by atoms with Crippen LogP contribution in [0.5, 0.6) is 0 Å². The maximum Gasteiger partial charge on any atom is 0.238 e. The molecule has 0 radical (unpaired) electrons. The molecule has 142 valence electrons. The van der Waals surface area contributed by atoms with Crippen LogP contribution in [0.1, 0.15) is 16.7 Å². The summed E-state index contributed by atoms with van der Waals surface area (Å²) in [4.78, 5) is 6.65. The third kappa shape index (κ3) is 6.58. The van der Waals surface area contributed by atoms with Crippen molar-refractivity contribution in [1.82, 2.24) is 10.2 Å². The largest absolute Gasteiger partial charge is 0.352 e. The number of sulfonamides is 1. The van der Waals surface area contributed by atoms with Gasteiger partial charge in [0.2, 0.25) is 10.0 Å². The first kappa shape index (κ1) is 22.4. The molecule has 0 amide bonds. The second-order valence-electron chi connectivity index (χ2n) is 6.01. The predicted octanol–water partition coefficient (Wildman–Crippen LogP) is 2.47. The zero-order valence-corrected chi connectivity index (χ0v) is 18.3. The lowest BCUT2D eigenvalue weighted by Gasteiger charge is -2.18. The molecule has 0 atom stereocenters. The van der Waals surface area contributed by atoms with Gasteiger partial charge in [-0.05, 0) is 35.7 Å². The predicted molar refractivity (Wildman–Crippen MR) is 116 cm³/mol. The molecule has 8 heteroatoms. The Morgan fingerprint density at radius 3 is 2.35 bits per heavy atom. The van der Waals surface area contributed by atoms with Crippen molar-refractivity contribution in [2.24, 2.45) is 10.1 Å². The van der Waals surface area contributed by atoms with E-state index in [2.05, 4.69) is 10.3 Å². The molecule has 0 aliphatic carbocycles. The molecule has 0 heterocycles. The van der Waals surface area contributed by atoms with Crippen molar-refractivity contribution < 1.29 is 8.42 Å². The highest BCUT2D eigenvalue weighted by Gasteiger charge is 2.10. The Morgan fingerprint density at radius 1 is 1.15 bits per heavy atom. The lowest BCUT2D eigenvalue weighted by atomic mass is 10.1. The standard InChI is InChI=1S/C18H24N4O2S.HI/c1-14-11-17(25(19,23)24)10-9-16(14)13-21-18(22(2)3)20-12-15-7-5-4-6-8-15;/h4-11H,12-13H2,1-3H3,(H,20,21)(H2,19,23,24);1H. The fourth-order valence-electron chi connectivity index (χ4n) is 2.32. The highest BCUT2D eigenvalue weighted by molar-refractivity contribution is 14.0. The van der Waals surface area contributed by atoms with E-state index >= 15 is 0 Å². The molecule has 0 fully saturated rings. The molecule has 0 aliphatic rings. The monoisotopic (exact) mass is 488 g/mol. The van der Waals surface area contributed by atoms with Crippen molar-refractivity contribution in [2.75, 3.05) is 14.1 Å². The summed E-state index contributed by atoms with van der Waals surface area (Å²) in [6.07, 6.45) is 0. The van der Waals surface area contributed by atoms with Crippen LogP contribution >= 0.6 is 24.0 Å². The summed E-state index contributed by atoms with van der Waals surface area (Å²) >= 11 is 0. The molecule has 0 unspecified atom stereocenters. The minimum atomic E-state index is -3.68. The maximum absolute atomic E-state index is 11.4. The van der Waals surface area contributed by atoms with E-state index in [1.165, 1.54) is 6.07 Å². The molecular weight excluding hydrogens is 463 g/mol. The topological polar surface area (TPSA) is 87.8 Å². The number of benzene rings is 2. The first-order valence-electron chi connectivity index (χ1n) is 7.89. The molecule has 6 nitrogen and oxygen atoms in total. The number of hydrogen-bond donors (Lipinski definition) is 2. The first-order chi connectivity index (χ1) is 11.8. The molecule has 2 aromatic rings. The summed E-state index contributed by atoms with van der Waals surface area (Å²) in [6, 6.07) is 14.9. The number of guanidine groups is 1. The van der Waals surface area contributed by atoms with Gasteiger partial charge in [-0.15, -0.1) is 24.0 Å². The van der Waals surface area contributed by atoms with Gasteiger partial charge in [0.25, 0.3) is 0 Å². The minimum absolute atomic E-state index is 0. The van der Waals surface area contributed by atoms with Crippen molar-refractivity contribution >= 4 is 40.0 Å². The van der Waals surface area contributed by atoms with Crippen LogP contribution in [-0.2, 0) is 23.1 Å². The number of primary sulfonamides is 1. The van der Waals surface area contributed by atoms with E-state index in [9.17, 15) is 8.42 Å². The van der Waals surface area contributed by atoms with E-state index in [4.69, 9.17) is 5.14 Å². The summed E-state index contributed by atoms with van der Waals surface area (Å²) in [5, 5.41) is 8.46. The molecule has 0 spiro atoms. The molecule has 2 rings (SSSR count). The van der Waals surface area contributed by atoms with Gasteiger partial charge in [0.1, 0.15) is 0 Å². The van der Waals surface area contributed by atoms with Crippen LogP contribution in [0, 0.1) is 6.92 Å². The third-order valence-electron chi connectivity index (χ3n) is 3.76. The molecule has 3 N–H and O–H groups in total. The first-order valence-corrected chi connectivity index (χ1v) is 9.44. The fourth-order valence-corrected chi connectivity index (χ4v) is 2.92. The van der Waals surface area contributed by atoms with Gasteiger partial charge in [-0.25, -0.2) is 18.5 Å². The number of nitrogens with zero attached hydrogens (tertiary/aromatic N) is 2. The lowest BCUT2D eigenvalue weighted by Crippen LogP contribution is -2.36. The number of nitrogens with one attached hydrogen (secondary N) is 1. The van der Waals surface area contributed by atoms with Gasteiger partial charge >= 0.3 is 0 Å². The Kier molecular flexibility index (Phi) is 8.51. The quantitative estimate of drug-likeness (QED) is 0.385. The summed E-state index contributed by atoms with van der Waals surface area (Å²) < 4.78 is 22.8. The van der Waals surface area contributed by atoms with Crippen LogP contribution in [-0.4, -0.2) is 33.4 Å². The van der Waals surface area contributed by atoms with E-state index in [1.54, 1.807) is 12.1 Å². The van der Waals surface area contributed by atoms with Gasteiger partial charge in [0.05, 0.1) is 11.4 Å². The normalized spacial score (nSPS) is 11.6. The van der Waals surface area contributed by atoms with Gasteiger partial charge in [0, 0.05) is 20.6 Å². The average molecular weight is 488 g/mol. The molecule has 0 saturated heterocycles. The smallest absolute Gasteiger partial charge is 0.238 e. The van der Waals surface area contributed by atoms with Crippen LogP contribution in [0.2, 0.25) is 0 Å². The molecule has 0 bridgehead atoms. The Morgan fingerprint density at radius 2 is 1.81 bits per heavy atom. The molecule has 26 heavy (non-hydrogen) atoms. The average Bonchev–Trinajstić information content (AvgIpc) is 2.55. The molecule has 0 aromatic heterocycles. The van der Waals surface area contributed by atoms with Gasteiger partial charge < -0.3 is 10.2 Å². The highest BCUT2D eigenvalue weighted by Crippen LogP contribution is 2.14. The number of halogens is 1.